The summed E-state index contributed by atoms with van der Waals surface area (Å²) in [5.41, 5.74) is 0.942. The maximum absolute atomic E-state index is 14.1. The van der Waals surface area contributed by atoms with Gasteiger partial charge in [-0.15, -0.1) is 0 Å². The normalized spacial score (nSPS) is 15.0. The van der Waals surface area contributed by atoms with Gasteiger partial charge in [0.2, 0.25) is 11.9 Å². The molecule has 0 amide bonds. The van der Waals surface area contributed by atoms with Crippen LogP contribution in [0.5, 0.6) is 5.88 Å². The second-order valence-corrected chi connectivity index (χ2v) is 10.3. The fourth-order valence-electron chi connectivity index (χ4n) is 3.61. The molecule has 2 heterocycles. The number of rotatable bonds is 7. The zero-order valence-electron chi connectivity index (χ0n) is 18.4. The van der Waals surface area contributed by atoms with Crippen molar-refractivity contribution >= 4 is 38.5 Å². The number of ether oxygens (including phenoxy) is 1. The monoisotopic (exact) mass is 534 g/mol. The maximum atomic E-state index is 14.1. The van der Waals surface area contributed by atoms with Crippen LogP contribution in [0.3, 0.4) is 0 Å². The molecule has 1 fully saturated rings. The van der Waals surface area contributed by atoms with E-state index in [-0.39, 0.29) is 32.4 Å². The van der Waals surface area contributed by atoms with Crippen molar-refractivity contribution in [3.05, 3.63) is 83.1 Å². The molecule has 1 saturated carbocycles. The van der Waals surface area contributed by atoms with Crippen molar-refractivity contribution in [3.63, 3.8) is 0 Å². The number of sulfonamides is 1. The third-order valence-corrected chi connectivity index (χ3v) is 7.37. The van der Waals surface area contributed by atoms with E-state index in [9.17, 15) is 21.6 Å². The Bertz CT molecular complexity index is 1530. The van der Waals surface area contributed by atoms with Crippen LogP contribution < -0.4 is 9.46 Å². The zero-order valence-corrected chi connectivity index (χ0v) is 20.0. The van der Waals surface area contributed by atoms with Gasteiger partial charge in [0.05, 0.1) is 16.1 Å². The molecule has 0 radical (unpaired) electrons. The predicted octanol–water partition coefficient (Wildman–Crippen LogP) is 6.04. The van der Waals surface area contributed by atoms with Crippen molar-refractivity contribution in [1.82, 2.24) is 15.0 Å². The summed E-state index contributed by atoms with van der Waals surface area (Å²) < 4.78 is 75.9. The number of nitrogens with zero attached hydrogens (tertiary/aromatic N) is 3. The Morgan fingerprint density at radius 1 is 0.972 bits per heavy atom. The van der Waals surface area contributed by atoms with Gasteiger partial charge in [-0.1, -0.05) is 41.9 Å². The Kier molecular flexibility index (Phi) is 6.21. The lowest BCUT2D eigenvalue weighted by Gasteiger charge is -2.23. The van der Waals surface area contributed by atoms with Crippen LogP contribution in [0.15, 0.2) is 71.8 Å². The number of para-hydroxylation sites is 2. The third kappa shape index (κ3) is 5.07. The first-order valence-corrected chi connectivity index (χ1v) is 12.7. The van der Waals surface area contributed by atoms with Gasteiger partial charge in [-0.25, -0.2) is 18.4 Å². The highest BCUT2D eigenvalue weighted by molar-refractivity contribution is 7.92. The average molecular weight is 535 g/mol. The first-order valence-electron chi connectivity index (χ1n) is 10.9. The van der Waals surface area contributed by atoms with Gasteiger partial charge in [-0.3, -0.25) is 9.71 Å². The minimum Gasteiger partial charge on any atom is -0.457 e. The summed E-state index contributed by atoms with van der Waals surface area (Å²) in [5.74, 6) is -0.884. The Labute approximate surface area is 209 Å². The van der Waals surface area contributed by atoms with Gasteiger partial charge in [-0.2, -0.15) is 13.2 Å². The van der Waals surface area contributed by atoms with Crippen LogP contribution in [-0.4, -0.2) is 29.5 Å². The molecule has 2 aromatic carbocycles. The number of fused-ring (bicyclic) bond motifs is 1. The van der Waals surface area contributed by atoms with Gasteiger partial charge in [0.15, 0.2) is 0 Å². The number of alkyl halides is 3. The lowest BCUT2D eigenvalue weighted by molar-refractivity contribution is -0.198. The van der Waals surface area contributed by atoms with Gasteiger partial charge < -0.3 is 4.74 Å². The Balaban J connectivity index is 1.56. The van der Waals surface area contributed by atoms with E-state index >= 15 is 0 Å². The molecule has 1 N–H and O–H groups in total. The summed E-state index contributed by atoms with van der Waals surface area (Å²) in [6.07, 6.45) is -4.29. The minimum atomic E-state index is -4.85. The topological polar surface area (TPSA) is 94.1 Å². The first-order chi connectivity index (χ1) is 17.1. The molecule has 7 nitrogen and oxygen atoms in total. The van der Waals surface area contributed by atoms with Gasteiger partial charge in [0, 0.05) is 23.4 Å². The Morgan fingerprint density at radius 2 is 1.64 bits per heavy atom. The Hall–Kier alpha value is -3.44. The SMILES string of the molecule is O=S(=O)(Nc1nc2ccccc2nc1OC(c1ccc(C2CC2)nc1)C(F)(F)F)c1ccccc1Cl. The number of aromatic nitrogens is 3. The maximum Gasteiger partial charge on any atom is 0.429 e. The predicted molar refractivity (Wildman–Crippen MR) is 127 cm³/mol. The van der Waals surface area contributed by atoms with Crippen molar-refractivity contribution in [2.75, 3.05) is 4.72 Å². The van der Waals surface area contributed by atoms with E-state index in [0.29, 0.717) is 0 Å². The van der Waals surface area contributed by atoms with Crippen molar-refractivity contribution in [2.24, 2.45) is 0 Å². The zero-order chi connectivity index (χ0) is 25.5. The molecule has 0 bridgehead atoms. The van der Waals surface area contributed by atoms with Crippen molar-refractivity contribution in [2.45, 2.75) is 35.9 Å². The van der Waals surface area contributed by atoms with Crippen LogP contribution in [0.2, 0.25) is 5.02 Å². The molecule has 1 aliphatic carbocycles. The summed E-state index contributed by atoms with van der Waals surface area (Å²) in [7, 11) is -4.34. The average Bonchev–Trinajstić information content (AvgIpc) is 3.67. The number of hydrogen-bond acceptors (Lipinski definition) is 6. The molecule has 1 unspecified atom stereocenters. The van der Waals surface area contributed by atoms with Gasteiger partial charge in [0.1, 0.15) is 4.90 Å². The van der Waals surface area contributed by atoms with Crippen LogP contribution in [0.4, 0.5) is 19.0 Å². The molecule has 0 spiro atoms. The molecule has 4 aromatic rings. The lowest BCUT2D eigenvalue weighted by Crippen LogP contribution is -2.27. The van der Waals surface area contributed by atoms with Crippen LogP contribution in [0.25, 0.3) is 11.0 Å². The van der Waals surface area contributed by atoms with Gasteiger partial charge >= 0.3 is 6.18 Å². The summed E-state index contributed by atoms with van der Waals surface area (Å²) >= 11 is 6.03. The molecule has 0 aliphatic heterocycles. The molecule has 36 heavy (non-hydrogen) atoms. The van der Waals surface area contributed by atoms with Gasteiger partial charge in [0.25, 0.3) is 15.9 Å². The van der Waals surface area contributed by atoms with E-state index < -0.39 is 34.0 Å². The Morgan fingerprint density at radius 3 is 2.25 bits per heavy atom. The van der Waals surface area contributed by atoms with E-state index in [1.54, 1.807) is 30.3 Å². The van der Waals surface area contributed by atoms with Gasteiger partial charge in [-0.05, 0) is 43.2 Å². The highest BCUT2D eigenvalue weighted by atomic mass is 35.5. The number of pyridine rings is 1. The van der Waals surface area contributed by atoms with Crippen LogP contribution in [-0.2, 0) is 10.0 Å². The van der Waals surface area contributed by atoms with Crippen LogP contribution in [0.1, 0.15) is 36.1 Å². The summed E-state index contributed by atoms with van der Waals surface area (Å²) in [4.78, 5) is 12.2. The first kappa shape index (κ1) is 24.3. The van der Waals surface area contributed by atoms with E-state index in [2.05, 4.69) is 19.7 Å². The highest BCUT2D eigenvalue weighted by Gasteiger charge is 2.44. The van der Waals surface area contributed by atoms with Crippen molar-refractivity contribution in [3.8, 4) is 5.88 Å². The fourth-order valence-corrected chi connectivity index (χ4v) is 5.13. The number of anilines is 1. The van der Waals surface area contributed by atoms with E-state index in [1.165, 1.54) is 30.3 Å². The molecule has 2 aromatic heterocycles. The summed E-state index contributed by atoms with van der Waals surface area (Å²) in [6.45, 7) is 0. The minimum absolute atomic E-state index is 0.0730. The van der Waals surface area contributed by atoms with Crippen LogP contribution in [0, 0.1) is 0 Å². The highest BCUT2D eigenvalue weighted by Crippen LogP contribution is 2.41. The van der Waals surface area contributed by atoms with E-state index in [4.69, 9.17) is 16.3 Å². The standard InChI is InChI=1S/C24H18ClF3N4O3S/c25-16-5-1-4-8-20(16)36(33,34)32-22-23(31-19-7-3-2-6-18(19)30-22)35-21(24(26,27)28)15-11-12-17(29-13-15)14-9-10-14/h1-8,11-14,21H,9-10H2,(H,30,32). The molecule has 12 heteroatoms. The number of benzene rings is 2. The molecule has 1 aliphatic rings. The smallest absolute Gasteiger partial charge is 0.429 e. The second kappa shape index (κ2) is 9.21. The second-order valence-electron chi connectivity index (χ2n) is 8.23. The lowest BCUT2D eigenvalue weighted by atomic mass is 10.1. The molecule has 5 rings (SSSR count). The van der Waals surface area contributed by atoms with Crippen molar-refractivity contribution in [1.29, 1.82) is 0 Å². The number of hydrogen-bond donors (Lipinski definition) is 1. The summed E-state index contributed by atoms with van der Waals surface area (Å²) in [6, 6.07) is 14.8. The summed E-state index contributed by atoms with van der Waals surface area (Å²) in [5, 5.41) is -0.0730. The third-order valence-electron chi connectivity index (χ3n) is 5.53. The van der Waals surface area contributed by atoms with Crippen LogP contribution >= 0.6 is 11.6 Å². The molecule has 186 valence electrons. The molecular weight excluding hydrogens is 517 g/mol. The largest absolute Gasteiger partial charge is 0.457 e. The number of halogens is 4. The quantitative estimate of drug-likeness (QED) is 0.311. The van der Waals surface area contributed by atoms with E-state index in [1.807, 2.05) is 0 Å². The molecule has 1 atom stereocenters. The molecule has 0 saturated heterocycles. The molecular formula is C24H18ClF3N4O3S. The number of nitrogens with one attached hydrogen (secondary N) is 1. The van der Waals surface area contributed by atoms with E-state index in [0.717, 1.165) is 24.7 Å². The fraction of sp³-hybridized carbons (Fsp3) is 0.208. The van der Waals surface area contributed by atoms with Crippen molar-refractivity contribution < 1.29 is 26.3 Å².